The maximum Gasteiger partial charge on any atom is 0.272 e. The number of benzene rings is 3. The Balaban J connectivity index is 1.25. The lowest BCUT2D eigenvalue weighted by molar-refractivity contribution is -0.116. The molecule has 0 aliphatic heterocycles. The topological polar surface area (TPSA) is 100 Å². The van der Waals surface area contributed by atoms with E-state index < -0.39 is 11.2 Å². The van der Waals surface area contributed by atoms with Gasteiger partial charge in [0.1, 0.15) is 5.70 Å². The summed E-state index contributed by atoms with van der Waals surface area (Å²) in [7, 11) is 0. The van der Waals surface area contributed by atoms with E-state index in [0.717, 1.165) is 15.3 Å². The van der Waals surface area contributed by atoms with Crippen molar-refractivity contribution in [1.29, 1.82) is 0 Å². The van der Waals surface area contributed by atoms with Gasteiger partial charge in [0.15, 0.2) is 5.13 Å². The van der Waals surface area contributed by atoms with Gasteiger partial charge in [-0.2, -0.15) is 0 Å². The van der Waals surface area contributed by atoms with E-state index in [0.29, 0.717) is 38.5 Å². The summed E-state index contributed by atoms with van der Waals surface area (Å²) in [5, 5.41) is 13.2. The Morgan fingerprint density at radius 2 is 1.73 bits per heavy atom. The van der Waals surface area contributed by atoms with Gasteiger partial charge in [-0.25, -0.2) is 4.98 Å². The number of thiazole rings is 1. The van der Waals surface area contributed by atoms with Crippen molar-refractivity contribution < 1.29 is 14.4 Å². The van der Waals surface area contributed by atoms with Gasteiger partial charge in [-0.05, 0) is 66.4 Å². The molecular weight excluding hydrogens is 667 g/mol. The van der Waals surface area contributed by atoms with Crippen LogP contribution in [0.3, 0.4) is 0 Å². The highest BCUT2D eigenvalue weighted by Gasteiger charge is 2.21. The van der Waals surface area contributed by atoms with Gasteiger partial charge in [0, 0.05) is 32.0 Å². The van der Waals surface area contributed by atoms with Crippen LogP contribution in [-0.2, 0) is 9.59 Å². The van der Waals surface area contributed by atoms with E-state index >= 15 is 0 Å². The Hall–Kier alpha value is -3.93. The summed E-state index contributed by atoms with van der Waals surface area (Å²) in [6.45, 7) is 1.93. The molecule has 0 saturated heterocycles. The molecule has 0 radical (unpaired) electrons. The lowest BCUT2D eigenvalue weighted by atomic mass is 10.2. The lowest BCUT2D eigenvalue weighted by Crippen LogP contribution is -2.30. The highest BCUT2D eigenvalue weighted by Crippen LogP contribution is 2.32. The molecule has 0 fully saturated rings. The molecule has 1 unspecified atom stereocenters. The number of halogens is 2. The van der Waals surface area contributed by atoms with Gasteiger partial charge in [0.25, 0.3) is 11.8 Å². The van der Waals surface area contributed by atoms with Crippen molar-refractivity contribution in [1.82, 2.24) is 10.3 Å². The molecule has 45 heavy (non-hydrogen) atoms. The molecule has 3 amide bonds. The number of carbonyl (C=O) groups excluding carboxylic acids is 3. The smallest absolute Gasteiger partial charge is 0.272 e. The molecule has 5 aromatic rings. The molecule has 12 heteroatoms. The van der Waals surface area contributed by atoms with E-state index in [-0.39, 0.29) is 17.5 Å². The number of thioether (sulfide) groups is 1. The van der Waals surface area contributed by atoms with Gasteiger partial charge in [-0.3, -0.25) is 14.4 Å². The van der Waals surface area contributed by atoms with Crippen LogP contribution >= 0.6 is 57.6 Å². The zero-order valence-electron chi connectivity index (χ0n) is 23.8. The Bertz CT molecular complexity index is 1840. The Kier molecular flexibility index (Phi) is 11.1. The van der Waals surface area contributed by atoms with Crippen LogP contribution in [0.4, 0.5) is 10.8 Å². The Morgan fingerprint density at radius 3 is 2.47 bits per heavy atom. The summed E-state index contributed by atoms with van der Waals surface area (Å²) in [5.41, 5.74) is 2.56. The van der Waals surface area contributed by atoms with Crippen molar-refractivity contribution in [2.24, 2.45) is 0 Å². The molecule has 0 aliphatic rings. The number of aromatic nitrogens is 1. The van der Waals surface area contributed by atoms with Crippen LogP contribution in [0.15, 0.2) is 106 Å². The van der Waals surface area contributed by atoms with Crippen molar-refractivity contribution in [3.63, 3.8) is 0 Å². The van der Waals surface area contributed by atoms with Gasteiger partial charge in [0.2, 0.25) is 5.91 Å². The average Bonchev–Trinajstić information content (AvgIpc) is 3.74. The highest BCUT2D eigenvalue weighted by molar-refractivity contribution is 8.00. The van der Waals surface area contributed by atoms with Gasteiger partial charge < -0.3 is 16.0 Å². The summed E-state index contributed by atoms with van der Waals surface area (Å²) >= 11 is 16.3. The fraction of sp³-hybridized carbons (Fsp3) is 0.0909. The standard InChI is InChI=1S/C33H26Cl2N4O3S3/c1-2-29(32(42)39-33-38-28(19-44-33)21-13-14-25(34)26(35)16-21)45-24-11-6-10-22(17-24)36-31(41)27(18-23-12-7-15-43-23)37-30(40)20-8-4-3-5-9-20/h3-19,29H,2H2,1H3,(H,36,41)(H,37,40)(H,38,39,42)/b27-18-. The molecule has 7 nitrogen and oxygen atoms in total. The second-order valence-corrected chi connectivity index (χ2v) is 13.5. The van der Waals surface area contributed by atoms with Crippen molar-refractivity contribution >= 4 is 92.3 Å². The number of hydrogen-bond acceptors (Lipinski definition) is 7. The number of thiophene rings is 1. The number of anilines is 2. The molecule has 228 valence electrons. The van der Waals surface area contributed by atoms with Crippen LogP contribution in [-0.4, -0.2) is 28.0 Å². The van der Waals surface area contributed by atoms with Gasteiger partial charge in [-0.1, -0.05) is 66.5 Å². The molecule has 0 saturated carbocycles. The van der Waals surface area contributed by atoms with Crippen molar-refractivity contribution in [3.8, 4) is 11.3 Å². The molecular formula is C33H26Cl2N4O3S3. The molecule has 2 aromatic heterocycles. The molecule has 2 heterocycles. The minimum absolute atomic E-state index is 0.110. The molecule has 0 bridgehead atoms. The molecule has 0 spiro atoms. The maximum atomic E-state index is 13.4. The molecule has 1 atom stereocenters. The first-order valence-corrected chi connectivity index (χ1v) is 17.1. The number of carbonyl (C=O) groups is 3. The third kappa shape index (κ3) is 8.84. The predicted octanol–water partition coefficient (Wildman–Crippen LogP) is 9.10. The van der Waals surface area contributed by atoms with Crippen LogP contribution in [0.2, 0.25) is 10.0 Å². The maximum absolute atomic E-state index is 13.4. The average molecular weight is 694 g/mol. The summed E-state index contributed by atoms with van der Waals surface area (Å²) in [4.78, 5) is 45.6. The number of nitrogens with zero attached hydrogens (tertiary/aromatic N) is 1. The minimum atomic E-state index is -0.471. The molecule has 0 aliphatic carbocycles. The quantitative estimate of drug-likeness (QED) is 0.0947. The zero-order chi connectivity index (χ0) is 31.8. The first-order valence-electron chi connectivity index (χ1n) is 13.7. The lowest BCUT2D eigenvalue weighted by Gasteiger charge is -2.15. The van der Waals surface area contributed by atoms with Gasteiger partial charge in [0.05, 0.1) is 21.0 Å². The van der Waals surface area contributed by atoms with Crippen molar-refractivity contribution in [2.75, 3.05) is 10.6 Å². The summed E-state index contributed by atoms with van der Waals surface area (Å²) in [6, 6.07) is 24.9. The molecule has 5 rings (SSSR count). The van der Waals surface area contributed by atoms with E-state index in [1.54, 1.807) is 60.7 Å². The van der Waals surface area contributed by atoms with E-state index in [2.05, 4.69) is 20.9 Å². The van der Waals surface area contributed by atoms with Crippen LogP contribution < -0.4 is 16.0 Å². The normalized spacial score (nSPS) is 11.9. The first kappa shape index (κ1) is 32.5. The monoisotopic (exact) mass is 692 g/mol. The second-order valence-electron chi connectivity index (χ2n) is 9.55. The van der Waals surface area contributed by atoms with Gasteiger partial charge >= 0.3 is 0 Å². The van der Waals surface area contributed by atoms with E-state index in [4.69, 9.17) is 23.2 Å². The fourth-order valence-electron chi connectivity index (χ4n) is 4.10. The summed E-state index contributed by atoms with van der Waals surface area (Å²) in [5.74, 6) is -1.04. The number of rotatable bonds is 11. The fourth-order valence-corrected chi connectivity index (χ4v) is 6.79. The first-order chi connectivity index (χ1) is 21.8. The Labute approximate surface area is 282 Å². The number of nitrogens with one attached hydrogen (secondary N) is 3. The summed E-state index contributed by atoms with van der Waals surface area (Å²) in [6.07, 6.45) is 2.21. The second kappa shape index (κ2) is 15.4. The largest absolute Gasteiger partial charge is 0.321 e. The molecule has 3 aromatic carbocycles. The minimum Gasteiger partial charge on any atom is -0.321 e. The van der Waals surface area contributed by atoms with E-state index in [9.17, 15) is 14.4 Å². The van der Waals surface area contributed by atoms with Crippen molar-refractivity contribution in [3.05, 3.63) is 122 Å². The van der Waals surface area contributed by atoms with E-state index in [1.807, 2.05) is 48.0 Å². The third-order valence-corrected chi connectivity index (χ3v) is 10.0. The third-order valence-electron chi connectivity index (χ3n) is 6.34. The summed E-state index contributed by atoms with van der Waals surface area (Å²) < 4.78 is 0. The Morgan fingerprint density at radius 1 is 0.911 bits per heavy atom. The van der Waals surface area contributed by atoms with E-state index in [1.165, 1.54) is 34.4 Å². The number of amides is 3. The van der Waals surface area contributed by atoms with Crippen LogP contribution in [0.5, 0.6) is 0 Å². The highest BCUT2D eigenvalue weighted by atomic mass is 35.5. The SMILES string of the molecule is CCC(Sc1cccc(NC(=O)/C(=C/c2cccs2)NC(=O)c2ccccc2)c1)C(=O)Nc1nc(-c2ccc(Cl)c(Cl)c2)cs1. The van der Waals surface area contributed by atoms with Crippen molar-refractivity contribution in [2.45, 2.75) is 23.5 Å². The molecule has 3 N–H and O–H groups in total. The van der Waals surface area contributed by atoms with Crippen LogP contribution in [0.25, 0.3) is 17.3 Å². The zero-order valence-corrected chi connectivity index (χ0v) is 27.7. The number of hydrogen-bond donors (Lipinski definition) is 3. The van der Waals surface area contributed by atoms with Crippen LogP contribution in [0, 0.1) is 0 Å². The van der Waals surface area contributed by atoms with Crippen LogP contribution in [0.1, 0.15) is 28.6 Å². The van der Waals surface area contributed by atoms with Gasteiger partial charge in [-0.15, -0.1) is 34.4 Å². The predicted molar refractivity (Wildman–Crippen MR) is 187 cm³/mol.